The molecule has 4 nitrogen and oxygen atoms in total. The van der Waals surface area contributed by atoms with Gasteiger partial charge in [-0.1, -0.05) is 72.8 Å². The van der Waals surface area contributed by atoms with E-state index in [1.807, 2.05) is 30.3 Å². The Balaban J connectivity index is 1.90. The Hall–Kier alpha value is -3.11. The summed E-state index contributed by atoms with van der Waals surface area (Å²) >= 11 is 0. The van der Waals surface area contributed by atoms with Crippen LogP contribution in [0.25, 0.3) is 0 Å². The average molecular weight is 334 g/mol. The molecule has 0 aliphatic carbocycles. The molecule has 0 spiro atoms. The Bertz CT molecular complexity index is 846. The van der Waals surface area contributed by atoms with E-state index in [0.717, 1.165) is 5.56 Å². The van der Waals surface area contributed by atoms with Gasteiger partial charge >= 0.3 is 5.97 Å². The van der Waals surface area contributed by atoms with E-state index < -0.39 is 11.6 Å². The van der Waals surface area contributed by atoms with Crippen molar-refractivity contribution < 1.29 is 19.7 Å². The number of aliphatic carboxylic acids is 1. The van der Waals surface area contributed by atoms with Gasteiger partial charge in [-0.05, 0) is 23.3 Å². The molecule has 3 aromatic carbocycles. The van der Waals surface area contributed by atoms with Crippen molar-refractivity contribution in [3.63, 3.8) is 0 Å². The second kappa shape index (κ2) is 7.20. The fraction of sp³-hybridized carbons (Fsp3) is 0.0952. The van der Waals surface area contributed by atoms with Gasteiger partial charge in [0.25, 0.3) is 0 Å². The molecule has 0 heterocycles. The Morgan fingerprint density at radius 2 is 1.44 bits per heavy atom. The van der Waals surface area contributed by atoms with Crippen LogP contribution in [0, 0.1) is 0 Å². The monoisotopic (exact) mass is 334 g/mol. The molecular formula is C21H18O4. The first kappa shape index (κ1) is 16.7. The molecule has 0 bridgehead atoms. The number of benzene rings is 3. The van der Waals surface area contributed by atoms with Crippen molar-refractivity contribution >= 4 is 5.97 Å². The molecule has 3 rings (SSSR count). The Kier molecular flexibility index (Phi) is 4.82. The molecule has 1 unspecified atom stereocenters. The Labute approximate surface area is 146 Å². The van der Waals surface area contributed by atoms with Crippen molar-refractivity contribution in [2.24, 2.45) is 0 Å². The Morgan fingerprint density at radius 3 is 2.08 bits per heavy atom. The predicted octanol–water partition coefficient (Wildman–Crippen LogP) is 3.59. The van der Waals surface area contributed by atoms with Crippen molar-refractivity contribution in [1.82, 2.24) is 0 Å². The van der Waals surface area contributed by atoms with Crippen LogP contribution in [0.2, 0.25) is 0 Å². The summed E-state index contributed by atoms with van der Waals surface area (Å²) in [5, 5.41) is 20.5. The minimum atomic E-state index is -2.13. The van der Waals surface area contributed by atoms with Crippen LogP contribution in [0.1, 0.15) is 16.7 Å². The standard InChI is InChI=1S/C21H18O4/c22-20(23)21(24,17-10-5-2-6-11-17)18-12-7-13-19(14-18)25-15-16-8-3-1-4-9-16/h1-14,24H,15H2,(H,22,23). The van der Waals surface area contributed by atoms with E-state index >= 15 is 0 Å². The quantitative estimate of drug-likeness (QED) is 0.723. The predicted molar refractivity (Wildman–Crippen MR) is 94.3 cm³/mol. The van der Waals surface area contributed by atoms with Gasteiger partial charge in [-0.3, -0.25) is 0 Å². The molecule has 0 aliphatic heterocycles. The summed E-state index contributed by atoms with van der Waals surface area (Å²) in [5.74, 6) is -0.837. The molecule has 2 N–H and O–H groups in total. The number of carboxylic acid groups (broad SMARTS) is 1. The van der Waals surface area contributed by atoms with Gasteiger partial charge in [-0.25, -0.2) is 4.79 Å². The molecule has 0 saturated carbocycles. The van der Waals surface area contributed by atoms with Gasteiger partial charge in [0.15, 0.2) is 0 Å². The van der Waals surface area contributed by atoms with Crippen molar-refractivity contribution in [1.29, 1.82) is 0 Å². The normalized spacial score (nSPS) is 13.0. The van der Waals surface area contributed by atoms with Gasteiger partial charge in [0.1, 0.15) is 12.4 Å². The van der Waals surface area contributed by atoms with Gasteiger partial charge < -0.3 is 14.9 Å². The fourth-order valence-corrected chi connectivity index (χ4v) is 2.64. The maximum atomic E-state index is 11.8. The number of rotatable bonds is 6. The summed E-state index contributed by atoms with van der Waals surface area (Å²) < 4.78 is 5.74. The molecule has 0 amide bonds. The largest absolute Gasteiger partial charge is 0.489 e. The maximum Gasteiger partial charge on any atom is 0.345 e. The van der Waals surface area contributed by atoms with E-state index in [2.05, 4.69) is 0 Å². The van der Waals surface area contributed by atoms with Gasteiger partial charge in [-0.2, -0.15) is 0 Å². The third-order valence-corrected chi connectivity index (χ3v) is 4.00. The van der Waals surface area contributed by atoms with Gasteiger partial charge in [0.05, 0.1) is 0 Å². The van der Waals surface area contributed by atoms with Crippen LogP contribution in [-0.2, 0) is 17.0 Å². The lowest BCUT2D eigenvalue weighted by Gasteiger charge is -2.25. The maximum absolute atomic E-state index is 11.8. The van der Waals surface area contributed by atoms with Gasteiger partial charge in [0.2, 0.25) is 5.60 Å². The number of aliphatic hydroxyl groups is 1. The third kappa shape index (κ3) is 3.54. The second-order valence-electron chi connectivity index (χ2n) is 5.68. The topological polar surface area (TPSA) is 66.8 Å². The zero-order chi connectivity index (χ0) is 17.7. The first-order chi connectivity index (χ1) is 12.1. The molecule has 25 heavy (non-hydrogen) atoms. The molecular weight excluding hydrogens is 316 g/mol. The average Bonchev–Trinajstić information content (AvgIpc) is 2.67. The minimum absolute atomic E-state index is 0.247. The molecule has 0 aromatic heterocycles. The highest BCUT2D eigenvalue weighted by Gasteiger charge is 2.40. The van der Waals surface area contributed by atoms with Gasteiger partial charge in [0, 0.05) is 5.56 Å². The van der Waals surface area contributed by atoms with E-state index in [1.165, 1.54) is 0 Å². The van der Waals surface area contributed by atoms with Crippen LogP contribution in [-0.4, -0.2) is 16.2 Å². The van der Waals surface area contributed by atoms with E-state index in [0.29, 0.717) is 17.9 Å². The van der Waals surface area contributed by atoms with Crippen molar-refractivity contribution in [3.05, 3.63) is 102 Å². The number of hydrogen-bond acceptors (Lipinski definition) is 3. The zero-order valence-corrected chi connectivity index (χ0v) is 13.5. The molecule has 0 fully saturated rings. The number of carbonyl (C=O) groups is 1. The van der Waals surface area contributed by atoms with Crippen LogP contribution in [0.3, 0.4) is 0 Å². The molecule has 1 atom stereocenters. The first-order valence-corrected chi connectivity index (χ1v) is 7.89. The molecule has 4 heteroatoms. The lowest BCUT2D eigenvalue weighted by molar-refractivity contribution is -0.155. The molecule has 126 valence electrons. The summed E-state index contributed by atoms with van der Waals surface area (Å²) in [4.78, 5) is 11.8. The molecule has 0 radical (unpaired) electrons. The zero-order valence-electron chi connectivity index (χ0n) is 13.5. The van der Waals surface area contributed by atoms with Gasteiger partial charge in [-0.15, -0.1) is 0 Å². The fourth-order valence-electron chi connectivity index (χ4n) is 2.64. The minimum Gasteiger partial charge on any atom is -0.489 e. The van der Waals surface area contributed by atoms with Crippen LogP contribution in [0.4, 0.5) is 0 Å². The second-order valence-corrected chi connectivity index (χ2v) is 5.68. The molecule has 3 aromatic rings. The van der Waals surface area contributed by atoms with Crippen LogP contribution >= 0.6 is 0 Å². The lowest BCUT2D eigenvalue weighted by atomic mass is 9.86. The summed E-state index contributed by atoms with van der Waals surface area (Å²) in [6.45, 7) is 0.362. The van der Waals surface area contributed by atoms with Crippen molar-refractivity contribution in [2.75, 3.05) is 0 Å². The van der Waals surface area contributed by atoms with Crippen LogP contribution in [0.5, 0.6) is 5.75 Å². The molecule has 0 aliphatic rings. The Morgan fingerprint density at radius 1 is 0.840 bits per heavy atom. The summed E-state index contributed by atoms with van der Waals surface area (Å²) in [7, 11) is 0. The smallest absolute Gasteiger partial charge is 0.345 e. The SMILES string of the molecule is O=C(O)C(O)(c1ccccc1)c1cccc(OCc2ccccc2)c1. The lowest BCUT2D eigenvalue weighted by Crippen LogP contribution is -2.36. The number of carboxylic acids is 1. The van der Waals surface area contributed by atoms with E-state index in [1.54, 1.807) is 54.6 Å². The van der Waals surface area contributed by atoms with Crippen molar-refractivity contribution in [3.8, 4) is 5.75 Å². The first-order valence-electron chi connectivity index (χ1n) is 7.89. The number of hydrogen-bond donors (Lipinski definition) is 2. The van der Waals surface area contributed by atoms with Crippen LogP contribution in [0.15, 0.2) is 84.9 Å². The highest BCUT2D eigenvalue weighted by Crippen LogP contribution is 2.32. The van der Waals surface area contributed by atoms with E-state index in [9.17, 15) is 15.0 Å². The molecule has 0 saturated heterocycles. The summed E-state index contributed by atoms with van der Waals surface area (Å²) in [6, 6.07) is 24.5. The third-order valence-electron chi connectivity index (χ3n) is 4.00. The number of ether oxygens (including phenoxy) is 1. The van der Waals surface area contributed by atoms with Crippen molar-refractivity contribution in [2.45, 2.75) is 12.2 Å². The highest BCUT2D eigenvalue weighted by molar-refractivity contribution is 5.83. The summed E-state index contributed by atoms with van der Waals surface area (Å²) in [5.41, 5.74) is -0.586. The highest BCUT2D eigenvalue weighted by atomic mass is 16.5. The van der Waals surface area contributed by atoms with E-state index in [4.69, 9.17) is 4.74 Å². The van der Waals surface area contributed by atoms with E-state index in [-0.39, 0.29) is 5.56 Å². The van der Waals surface area contributed by atoms with Crippen LogP contribution < -0.4 is 4.74 Å². The summed E-state index contributed by atoms with van der Waals surface area (Å²) in [6.07, 6.45) is 0.